The third-order valence-electron chi connectivity index (χ3n) is 1.43. The normalized spacial score (nSPS) is 11.2. The molecule has 64 valence electrons. The number of halogens is 1. The molecule has 0 aromatic carbocycles. The summed E-state index contributed by atoms with van der Waals surface area (Å²) in [5.74, 6) is 0. The summed E-state index contributed by atoms with van der Waals surface area (Å²) in [7, 11) is 0. The Balaban J connectivity index is 3.92. The standard InChI is InChI=1S/C6H10ClNO3/c1-6(2,8(10)11)4-3-5(7)9/h3-4H2,1-2H3. The maximum Gasteiger partial charge on any atom is 0.221 e. The molecule has 0 heterocycles. The molecule has 0 bridgehead atoms. The van der Waals surface area contributed by atoms with E-state index in [9.17, 15) is 14.9 Å². The van der Waals surface area contributed by atoms with Gasteiger partial charge in [0.15, 0.2) is 0 Å². The first-order valence-electron chi connectivity index (χ1n) is 3.19. The molecule has 4 nitrogen and oxygen atoms in total. The molecule has 0 amide bonds. The number of hydrogen-bond donors (Lipinski definition) is 0. The van der Waals surface area contributed by atoms with Gasteiger partial charge >= 0.3 is 0 Å². The fourth-order valence-electron chi connectivity index (χ4n) is 0.495. The van der Waals surface area contributed by atoms with Gasteiger partial charge in [-0.05, 0) is 11.6 Å². The van der Waals surface area contributed by atoms with Crippen LogP contribution in [0.15, 0.2) is 0 Å². The van der Waals surface area contributed by atoms with Gasteiger partial charge in [-0.1, -0.05) is 0 Å². The van der Waals surface area contributed by atoms with Crippen LogP contribution < -0.4 is 0 Å². The van der Waals surface area contributed by atoms with Gasteiger partial charge in [-0.25, -0.2) is 0 Å². The Morgan fingerprint density at radius 2 is 2.09 bits per heavy atom. The summed E-state index contributed by atoms with van der Waals surface area (Å²) in [5.41, 5.74) is -1.05. The Kier molecular flexibility index (Phi) is 3.45. The Labute approximate surface area is 69.7 Å². The van der Waals surface area contributed by atoms with Crippen molar-refractivity contribution >= 4 is 16.8 Å². The van der Waals surface area contributed by atoms with E-state index in [0.29, 0.717) is 0 Å². The average molecular weight is 180 g/mol. The summed E-state index contributed by atoms with van der Waals surface area (Å²) >= 11 is 5.03. The maximum atomic E-state index is 10.3. The van der Waals surface area contributed by atoms with E-state index in [4.69, 9.17) is 11.6 Å². The van der Waals surface area contributed by atoms with Crippen molar-refractivity contribution in [2.45, 2.75) is 32.2 Å². The van der Waals surface area contributed by atoms with Crippen LogP contribution in [0.3, 0.4) is 0 Å². The molecule has 0 radical (unpaired) electrons. The zero-order chi connectivity index (χ0) is 9.07. The molecule has 5 heteroatoms. The molecule has 0 spiro atoms. The van der Waals surface area contributed by atoms with E-state index >= 15 is 0 Å². The van der Waals surface area contributed by atoms with Gasteiger partial charge in [0, 0.05) is 31.6 Å². The molecule has 0 rings (SSSR count). The van der Waals surface area contributed by atoms with Crippen molar-refractivity contribution in [3.8, 4) is 0 Å². The van der Waals surface area contributed by atoms with Crippen molar-refractivity contribution in [3.63, 3.8) is 0 Å². The second kappa shape index (κ2) is 3.67. The van der Waals surface area contributed by atoms with Gasteiger partial charge < -0.3 is 0 Å². The highest BCUT2D eigenvalue weighted by atomic mass is 35.5. The quantitative estimate of drug-likeness (QED) is 0.374. The predicted octanol–water partition coefficient (Wildman–Crippen LogP) is 1.59. The molecule has 0 N–H and O–H groups in total. The zero-order valence-corrected chi connectivity index (χ0v) is 7.22. The lowest BCUT2D eigenvalue weighted by Gasteiger charge is -2.13. The Morgan fingerprint density at radius 3 is 2.36 bits per heavy atom. The molecule has 0 saturated carbocycles. The molecular weight excluding hydrogens is 170 g/mol. The van der Waals surface area contributed by atoms with Crippen molar-refractivity contribution in [1.29, 1.82) is 0 Å². The maximum absolute atomic E-state index is 10.3. The smallest absolute Gasteiger partial charge is 0.221 e. The lowest BCUT2D eigenvalue weighted by Crippen LogP contribution is -2.31. The van der Waals surface area contributed by atoms with E-state index in [1.54, 1.807) is 0 Å². The minimum Gasteiger partial charge on any atom is -0.281 e. The highest BCUT2D eigenvalue weighted by Gasteiger charge is 2.30. The van der Waals surface area contributed by atoms with Crippen molar-refractivity contribution in [2.75, 3.05) is 0 Å². The molecular formula is C6H10ClNO3. The number of nitrogens with zero attached hydrogens (tertiary/aromatic N) is 1. The minimum absolute atomic E-state index is 0.0511. The summed E-state index contributed by atoms with van der Waals surface area (Å²) in [6, 6.07) is 0. The van der Waals surface area contributed by atoms with Crippen LogP contribution in [0.5, 0.6) is 0 Å². The van der Waals surface area contributed by atoms with Crippen LogP contribution in [-0.4, -0.2) is 15.7 Å². The SMILES string of the molecule is CC(C)(CCC(=O)Cl)[N+](=O)[O-]. The summed E-state index contributed by atoms with van der Waals surface area (Å²) in [6.07, 6.45) is 0.234. The minimum atomic E-state index is -1.05. The third kappa shape index (κ3) is 3.93. The van der Waals surface area contributed by atoms with Gasteiger partial charge in [-0.2, -0.15) is 0 Å². The molecule has 0 aliphatic carbocycles. The molecule has 0 aromatic rings. The topological polar surface area (TPSA) is 60.2 Å². The first-order chi connectivity index (χ1) is 4.86. The van der Waals surface area contributed by atoms with Crippen molar-refractivity contribution < 1.29 is 9.72 Å². The lowest BCUT2D eigenvalue weighted by atomic mass is 10.0. The first kappa shape index (κ1) is 10.4. The van der Waals surface area contributed by atoms with Gasteiger partial charge in [-0.15, -0.1) is 0 Å². The van der Waals surface area contributed by atoms with Crippen LogP contribution in [-0.2, 0) is 4.79 Å². The largest absolute Gasteiger partial charge is 0.281 e. The lowest BCUT2D eigenvalue weighted by molar-refractivity contribution is -0.561. The molecule has 0 saturated heterocycles. The summed E-state index contributed by atoms with van der Waals surface area (Å²) in [4.78, 5) is 20.1. The van der Waals surface area contributed by atoms with E-state index in [2.05, 4.69) is 0 Å². The molecule has 11 heavy (non-hydrogen) atoms. The van der Waals surface area contributed by atoms with Crippen LogP contribution in [0, 0.1) is 10.1 Å². The van der Waals surface area contributed by atoms with Crippen molar-refractivity contribution in [2.24, 2.45) is 0 Å². The highest BCUT2D eigenvalue weighted by molar-refractivity contribution is 6.63. The third-order valence-corrected chi connectivity index (χ3v) is 1.62. The average Bonchev–Trinajstić information content (AvgIpc) is 1.84. The molecule has 0 atom stereocenters. The number of nitro groups is 1. The second-order valence-corrected chi connectivity index (χ2v) is 3.35. The van der Waals surface area contributed by atoms with Crippen molar-refractivity contribution in [1.82, 2.24) is 0 Å². The van der Waals surface area contributed by atoms with Gasteiger partial charge in [0.1, 0.15) is 0 Å². The van der Waals surface area contributed by atoms with E-state index in [-0.39, 0.29) is 12.8 Å². The number of carbonyl (C=O) groups is 1. The Morgan fingerprint density at radius 1 is 1.64 bits per heavy atom. The molecule has 0 fully saturated rings. The molecule has 0 aromatic heterocycles. The second-order valence-electron chi connectivity index (χ2n) is 2.92. The van der Waals surface area contributed by atoms with Crippen LogP contribution in [0.4, 0.5) is 0 Å². The monoisotopic (exact) mass is 179 g/mol. The van der Waals surface area contributed by atoms with Crippen LogP contribution in [0.1, 0.15) is 26.7 Å². The van der Waals surface area contributed by atoms with Gasteiger partial charge in [0.25, 0.3) is 0 Å². The fourth-order valence-corrected chi connectivity index (χ4v) is 0.590. The van der Waals surface area contributed by atoms with Gasteiger partial charge in [0.2, 0.25) is 10.8 Å². The van der Waals surface area contributed by atoms with Gasteiger partial charge in [-0.3, -0.25) is 14.9 Å². The van der Waals surface area contributed by atoms with Gasteiger partial charge in [0.05, 0.1) is 0 Å². The Bertz CT molecular complexity index is 179. The molecule has 0 aliphatic rings. The summed E-state index contributed by atoms with van der Waals surface area (Å²) in [6.45, 7) is 2.93. The number of carbonyl (C=O) groups excluding carboxylic acids is 1. The van der Waals surface area contributed by atoms with E-state index < -0.39 is 15.7 Å². The fraction of sp³-hybridized carbons (Fsp3) is 0.833. The van der Waals surface area contributed by atoms with Crippen LogP contribution in [0.25, 0.3) is 0 Å². The zero-order valence-electron chi connectivity index (χ0n) is 6.46. The van der Waals surface area contributed by atoms with Crippen molar-refractivity contribution in [3.05, 3.63) is 10.1 Å². The van der Waals surface area contributed by atoms with E-state index in [1.807, 2.05) is 0 Å². The summed E-state index contributed by atoms with van der Waals surface area (Å²) < 4.78 is 0. The van der Waals surface area contributed by atoms with E-state index in [0.717, 1.165) is 0 Å². The van der Waals surface area contributed by atoms with Crippen LogP contribution >= 0.6 is 11.6 Å². The van der Waals surface area contributed by atoms with Crippen LogP contribution in [0.2, 0.25) is 0 Å². The molecule has 0 unspecified atom stereocenters. The first-order valence-corrected chi connectivity index (χ1v) is 3.57. The predicted molar refractivity (Wildman–Crippen MR) is 41.2 cm³/mol. The highest BCUT2D eigenvalue weighted by Crippen LogP contribution is 2.15. The Hall–Kier alpha value is -0.640. The molecule has 0 aliphatic heterocycles. The summed E-state index contributed by atoms with van der Waals surface area (Å²) in [5, 5.41) is 9.76. The number of hydrogen-bond acceptors (Lipinski definition) is 3. The number of rotatable bonds is 4. The van der Waals surface area contributed by atoms with E-state index in [1.165, 1.54) is 13.8 Å².